The molecule has 1 aliphatic heterocycles. The topological polar surface area (TPSA) is 99.5 Å². The number of hydrogen-bond acceptors (Lipinski definition) is 6. The van der Waals surface area contributed by atoms with Crippen LogP contribution in [0.2, 0.25) is 0 Å². The van der Waals surface area contributed by atoms with Gasteiger partial charge in [-0.2, -0.15) is 9.57 Å². The molecule has 0 aliphatic carbocycles. The Bertz CT molecular complexity index is 771. The van der Waals surface area contributed by atoms with E-state index in [1.807, 2.05) is 0 Å². The number of methoxy groups -OCH3 is 1. The number of hydrogen-bond donors (Lipinski definition) is 1. The molecule has 1 aromatic rings. The predicted molar refractivity (Wildman–Crippen MR) is 93.0 cm³/mol. The first kappa shape index (κ1) is 19.0. The lowest BCUT2D eigenvalue weighted by molar-refractivity contribution is -0.135. The molecule has 1 heterocycles. The van der Waals surface area contributed by atoms with Crippen LogP contribution in [0.4, 0.5) is 5.69 Å². The molecule has 1 aliphatic rings. The van der Waals surface area contributed by atoms with Crippen molar-refractivity contribution < 1.29 is 17.9 Å². The van der Waals surface area contributed by atoms with Crippen molar-refractivity contribution in [1.29, 1.82) is 5.26 Å². The number of carbonyl (C=O) groups is 1. The second kappa shape index (κ2) is 8.65. The van der Waals surface area contributed by atoms with Gasteiger partial charge in [0.05, 0.1) is 12.0 Å². The SMILES string of the molecule is COC(=O)/C(C#N)=C\Nc1ccc(S(=O)(=O)N2CCCCCC2)cc1. The highest BCUT2D eigenvalue weighted by atomic mass is 32.2. The summed E-state index contributed by atoms with van der Waals surface area (Å²) in [4.78, 5) is 11.5. The highest BCUT2D eigenvalue weighted by Crippen LogP contribution is 2.21. The zero-order chi connectivity index (χ0) is 18.3. The van der Waals surface area contributed by atoms with Gasteiger partial charge in [0.25, 0.3) is 0 Å². The molecule has 0 aromatic heterocycles. The van der Waals surface area contributed by atoms with E-state index in [0.717, 1.165) is 25.7 Å². The highest BCUT2D eigenvalue weighted by Gasteiger charge is 2.24. The Labute approximate surface area is 147 Å². The maximum absolute atomic E-state index is 12.7. The number of nitrogens with zero attached hydrogens (tertiary/aromatic N) is 2. The van der Waals surface area contributed by atoms with Crippen LogP contribution in [-0.4, -0.2) is 38.9 Å². The summed E-state index contributed by atoms with van der Waals surface area (Å²) in [7, 11) is -2.30. The van der Waals surface area contributed by atoms with Gasteiger partial charge in [-0.1, -0.05) is 12.8 Å². The summed E-state index contributed by atoms with van der Waals surface area (Å²) < 4.78 is 31.4. The summed E-state index contributed by atoms with van der Waals surface area (Å²) in [6.07, 6.45) is 5.11. The molecule has 0 amide bonds. The fourth-order valence-corrected chi connectivity index (χ4v) is 4.07. The Morgan fingerprint density at radius 1 is 1.20 bits per heavy atom. The third-order valence-electron chi connectivity index (χ3n) is 3.97. The van der Waals surface area contributed by atoms with E-state index < -0.39 is 16.0 Å². The summed E-state index contributed by atoms with van der Waals surface area (Å²) in [5.41, 5.74) is 0.384. The number of carbonyl (C=O) groups excluding carboxylic acids is 1. The third-order valence-corrected chi connectivity index (χ3v) is 5.88. The zero-order valence-corrected chi connectivity index (χ0v) is 14.9. The first-order chi connectivity index (χ1) is 12.0. The van der Waals surface area contributed by atoms with Crippen molar-refractivity contribution in [3.63, 3.8) is 0 Å². The van der Waals surface area contributed by atoms with E-state index in [-0.39, 0.29) is 10.5 Å². The van der Waals surface area contributed by atoms with Crippen LogP contribution in [0.3, 0.4) is 0 Å². The van der Waals surface area contributed by atoms with Gasteiger partial charge in [-0.3, -0.25) is 0 Å². The van der Waals surface area contributed by atoms with Gasteiger partial charge < -0.3 is 10.1 Å². The minimum Gasteiger partial charge on any atom is -0.465 e. The van der Waals surface area contributed by atoms with Gasteiger partial charge >= 0.3 is 5.97 Å². The van der Waals surface area contributed by atoms with Crippen LogP contribution in [0.25, 0.3) is 0 Å². The molecule has 0 unspecified atom stereocenters. The normalized spacial score (nSPS) is 16.6. The minimum atomic E-state index is -3.49. The van der Waals surface area contributed by atoms with Crippen LogP contribution < -0.4 is 5.32 Å². The van der Waals surface area contributed by atoms with Crippen LogP contribution in [0, 0.1) is 11.3 Å². The molecule has 134 valence electrons. The third kappa shape index (κ3) is 4.81. The Hall–Kier alpha value is -2.37. The lowest BCUT2D eigenvalue weighted by Gasteiger charge is -2.20. The Morgan fingerprint density at radius 2 is 1.80 bits per heavy atom. The molecule has 8 heteroatoms. The van der Waals surface area contributed by atoms with Crippen LogP contribution in [-0.2, 0) is 19.6 Å². The van der Waals surface area contributed by atoms with Crippen LogP contribution in [0.15, 0.2) is 40.9 Å². The number of nitriles is 1. The summed E-state index contributed by atoms with van der Waals surface area (Å²) in [5.74, 6) is -0.740. The van der Waals surface area contributed by atoms with E-state index in [4.69, 9.17) is 5.26 Å². The molecular weight excluding hydrogens is 342 g/mol. The van der Waals surface area contributed by atoms with Crippen molar-refractivity contribution in [3.8, 4) is 6.07 Å². The molecule has 1 fully saturated rings. The standard InChI is InChI=1S/C17H21N3O4S/c1-24-17(21)14(12-18)13-19-15-6-8-16(9-7-15)25(22,23)20-10-4-2-3-5-11-20/h6-9,13,19H,2-5,10-11H2,1H3/b14-13-. The van der Waals surface area contributed by atoms with Gasteiger partial charge in [0.15, 0.2) is 5.57 Å². The van der Waals surface area contributed by atoms with E-state index in [9.17, 15) is 13.2 Å². The number of anilines is 1. The Balaban J connectivity index is 2.12. The van der Waals surface area contributed by atoms with Gasteiger partial charge in [-0.15, -0.1) is 0 Å². The average molecular weight is 363 g/mol. The molecule has 1 N–H and O–H groups in total. The number of esters is 1. The molecule has 0 radical (unpaired) electrons. The monoisotopic (exact) mass is 363 g/mol. The summed E-state index contributed by atoms with van der Waals surface area (Å²) in [6, 6.07) is 7.94. The second-order valence-electron chi connectivity index (χ2n) is 5.65. The van der Waals surface area contributed by atoms with Crippen molar-refractivity contribution >= 4 is 21.7 Å². The van der Waals surface area contributed by atoms with Crippen molar-refractivity contribution in [2.75, 3.05) is 25.5 Å². The van der Waals surface area contributed by atoms with E-state index >= 15 is 0 Å². The average Bonchev–Trinajstić information content (AvgIpc) is 2.92. The smallest absolute Gasteiger partial charge is 0.350 e. The molecule has 0 atom stereocenters. The number of sulfonamides is 1. The summed E-state index contributed by atoms with van der Waals surface area (Å²) in [6.45, 7) is 1.10. The van der Waals surface area contributed by atoms with Crippen molar-refractivity contribution in [2.45, 2.75) is 30.6 Å². The Morgan fingerprint density at radius 3 is 2.32 bits per heavy atom. The molecule has 0 saturated carbocycles. The van der Waals surface area contributed by atoms with Gasteiger partial charge in [-0.25, -0.2) is 13.2 Å². The van der Waals surface area contributed by atoms with Crippen molar-refractivity contribution in [3.05, 3.63) is 36.0 Å². The van der Waals surface area contributed by atoms with Crippen LogP contribution in [0.1, 0.15) is 25.7 Å². The van der Waals surface area contributed by atoms with Gasteiger partial charge in [0.2, 0.25) is 10.0 Å². The lowest BCUT2D eigenvalue weighted by atomic mass is 10.2. The maximum Gasteiger partial charge on any atom is 0.350 e. The molecular formula is C17H21N3O4S. The lowest BCUT2D eigenvalue weighted by Crippen LogP contribution is -2.31. The van der Waals surface area contributed by atoms with Crippen LogP contribution in [0.5, 0.6) is 0 Å². The summed E-state index contributed by atoms with van der Waals surface area (Å²) >= 11 is 0. The molecule has 7 nitrogen and oxygen atoms in total. The molecule has 0 spiro atoms. The van der Waals surface area contributed by atoms with Gasteiger partial charge in [-0.05, 0) is 37.1 Å². The molecule has 1 saturated heterocycles. The van der Waals surface area contributed by atoms with E-state index in [0.29, 0.717) is 18.8 Å². The zero-order valence-electron chi connectivity index (χ0n) is 14.1. The molecule has 2 rings (SSSR count). The number of rotatable bonds is 5. The second-order valence-corrected chi connectivity index (χ2v) is 7.59. The minimum absolute atomic E-state index is 0.177. The molecule has 25 heavy (non-hydrogen) atoms. The first-order valence-electron chi connectivity index (χ1n) is 8.04. The van der Waals surface area contributed by atoms with E-state index in [2.05, 4.69) is 10.1 Å². The highest BCUT2D eigenvalue weighted by molar-refractivity contribution is 7.89. The maximum atomic E-state index is 12.7. The van der Waals surface area contributed by atoms with E-state index in [1.165, 1.54) is 29.7 Å². The largest absolute Gasteiger partial charge is 0.465 e. The predicted octanol–water partition coefficient (Wildman–Crippen LogP) is 2.24. The number of benzene rings is 1. The Kier molecular flexibility index (Phi) is 6.56. The first-order valence-corrected chi connectivity index (χ1v) is 9.48. The van der Waals surface area contributed by atoms with Gasteiger partial charge in [0.1, 0.15) is 6.07 Å². The van der Waals surface area contributed by atoms with E-state index in [1.54, 1.807) is 18.2 Å². The van der Waals surface area contributed by atoms with Crippen molar-refractivity contribution in [1.82, 2.24) is 4.31 Å². The fourth-order valence-electron chi connectivity index (χ4n) is 2.56. The number of ether oxygens (including phenoxy) is 1. The van der Waals surface area contributed by atoms with Gasteiger partial charge in [0, 0.05) is 25.0 Å². The van der Waals surface area contributed by atoms with Crippen LogP contribution >= 0.6 is 0 Å². The number of nitrogens with one attached hydrogen (secondary N) is 1. The summed E-state index contributed by atoms with van der Waals surface area (Å²) in [5, 5.41) is 11.7. The quantitative estimate of drug-likeness (QED) is 0.489. The fraction of sp³-hybridized carbons (Fsp3) is 0.412. The molecule has 1 aromatic carbocycles. The van der Waals surface area contributed by atoms with Crippen molar-refractivity contribution in [2.24, 2.45) is 0 Å². The molecule has 0 bridgehead atoms.